The lowest BCUT2D eigenvalue weighted by molar-refractivity contribution is -0.142. The molecular weight excluding hydrogens is 869 g/mol. The zero-order valence-electron chi connectivity index (χ0n) is 43.7. The summed E-state index contributed by atoms with van der Waals surface area (Å²) in [5.41, 5.74) is 2.25. The number of amides is 2. The average molecular weight is 955 g/mol. The van der Waals surface area contributed by atoms with E-state index in [1.165, 1.54) is 5.56 Å². The lowest BCUT2D eigenvalue weighted by atomic mass is 9.79. The number of carboxylic acid groups (broad SMARTS) is 1. The zero-order valence-corrected chi connectivity index (χ0v) is 43.7. The van der Waals surface area contributed by atoms with Gasteiger partial charge in [0.1, 0.15) is 5.78 Å². The predicted octanol–water partition coefficient (Wildman–Crippen LogP) is 8.66. The third-order valence-corrected chi connectivity index (χ3v) is 16.2. The van der Waals surface area contributed by atoms with Crippen LogP contribution in [0.2, 0.25) is 0 Å². The van der Waals surface area contributed by atoms with Gasteiger partial charge in [-0.15, -0.1) is 0 Å². The van der Waals surface area contributed by atoms with Gasteiger partial charge in [0.25, 0.3) is 0 Å². The number of hydrogen-bond donors (Lipinski definition) is 3. The highest BCUT2D eigenvalue weighted by Crippen LogP contribution is 2.69. The molecule has 69 heavy (non-hydrogen) atoms. The van der Waals surface area contributed by atoms with Gasteiger partial charge in [0.2, 0.25) is 11.8 Å². The van der Waals surface area contributed by atoms with E-state index in [1.54, 1.807) is 14.2 Å². The van der Waals surface area contributed by atoms with Crippen LogP contribution in [-0.2, 0) is 39.9 Å². The van der Waals surface area contributed by atoms with Crippen molar-refractivity contribution >= 4 is 35.4 Å². The average Bonchev–Trinajstić information content (AvgIpc) is 4.09. The first kappa shape index (κ1) is 55.7. The van der Waals surface area contributed by atoms with Crippen molar-refractivity contribution in [2.24, 2.45) is 40.9 Å². The minimum Gasteiger partial charge on any atom is -0.481 e. The van der Waals surface area contributed by atoms with Crippen LogP contribution in [-0.4, -0.2) is 121 Å². The zero-order chi connectivity index (χ0) is 50.6. The van der Waals surface area contributed by atoms with E-state index in [4.69, 9.17) is 14.6 Å². The minimum atomic E-state index is -0.870. The summed E-state index contributed by atoms with van der Waals surface area (Å²) in [5, 5.41) is 16.0. The topological polar surface area (TPSA) is 164 Å². The van der Waals surface area contributed by atoms with Crippen LogP contribution in [0.15, 0.2) is 66.7 Å². The molecule has 12 heteroatoms. The lowest BCUT2D eigenvalue weighted by Gasteiger charge is -2.36. The molecule has 0 bridgehead atoms. The third-order valence-electron chi connectivity index (χ3n) is 16.2. The van der Waals surface area contributed by atoms with Crippen molar-refractivity contribution in [3.8, 4) is 0 Å². The number of nitrogens with one attached hydrogen (secondary N) is 2. The molecule has 12 nitrogen and oxygen atoms in total. The van der Waals surface area contributed by atoms with Gasteiger partial charge in [-0.05, 0) is 93.3 Å². The van der Waals surface area contributed by atoms with Crippen molar-refractivity contribution in [1.82, 2.24) is 20.4 Å². The van der Waals surface area contributed by atoms with Crippen molar-refractivity contribution < 1.29 is 38.6 Å². The summed E-state index contributed by atoms with van der Waals surface area (Å²) in [5.74, 6) is -1.68. The normalized spacial score (nSPS) is 24.5. The van der Waals surface area contributed by atoms with E-state index in [-0.39, 0.29) is 95.0 Å². The molecule has 0 radical (unpaired) electrons. The van der Waals surface area contributed by atoms with E-state index < -0.39 is 30.1 Å². The fraction of sp³-hybridized carbons (Fsp3) is 0.667. The van der Waals surface area contributed by atoms with Crippen LogP contribution in [0.5, 0.6) is 0 Å². The molecule has 3 fully saturated rings. The first-order chi connectivity index (χ1) is 32.8. The van der Waals surface area contributed by atoms with Gasteiger partial charge in [-0.25, -0.2) is 0 Å². The second-order valence-electron chi connectivity index (χ2n) is 21.7. The Balaban J connectivity index is 1.19. The van der Waals surface area contributed by atoms with Crippen LogP contribution in [0.4, 0.5) is 0 Å². The van der Waals surface area contributed by atoms with E-state index in [0.29, 0.717) is 38.8 Å². The van der Waals surface area contributed by atoms with Crippen LogP contribution >= 0.6 is 0 Å². The monoisotopic (exact) mass is 955 g/mol. The summed E-state index contributed by atoms with van der Waals surface area (Å²) in [7, 11) is 5.15. The highest BCUT2D eigenvalue weighted by Gasteiger charge is 2.78. The number of nitrogens with zero attached hydrogens (tertiary/aromatic N) is 2. The van der Waals surface area contributed by atoms with Crippen molar-refractivity contribution in [3.05, 3.63) is 77.9 Å². The first-order valence-corrected chi connectivity index (χ1v) is 26.0. The van der Waals surface area contributed by atoms with Gasteiger partial charge in [-0.3, -0.25) is 28.9 Å². The molecule has 12 atom stereocenters. The fourth-order valence-electron chi connectivity index (χ4n) is 11.8. The third kappa shape index (κ3) is 14.0. The molecule has 5 rings (SSSR count). The van der Waals surface area contributed by atoms with E-state index >= 15 is 0 Å². The van der Waals surface area contributed by atoms with Gasteiger partial charge in [0.05, 0.1) is 36.8 Å². The quantitative estimate of drug-likeness (QED) is 0.0646. The highest BCUT2D eigenvalue weighted by atomic mass is 16.5. The second-order valence-corrected chi connectivity index (χ2v) is 21.7. The smallest absolute Gasteiger partial charge is 0.303 e. The van der Waals surface area contributed by atoms with Crippen LogP contribution in [0.3, 0.4) is 0 Å². The Hall–Kier alpha value is -4.23. The molecule has 3 N–H and O–H groups in total. The summed E-state index contributed by atoms with van der Waals surface area (Å²) in [6.07, 6.45) is 10.4. The van der Waals surface area contributed by atoms with E-state index in [9.17, 15) is 24.0 Å². The number of likely N-dealkylation sites (tertiary alicyclic amines) is 1. The van der Waals surface area contributed by atoms with Gasteiger partial charge >= 0.3 is 5.97 Å². The number of carbonyl (C=O) groups excluding carboxylic acids is 4. The van der Waals surface area contributed by atoms with Gasteiger partial charge in [0, 0.05) is 62.4 Å². The molecule has 2 heterocycles. The van der Waals surface area contributed by atoms with Crippen LogP contribution in [0.1, 0.15) is 131 Å². The molecule has 2 saturated heterocycles. The number of carboxylic acids is 1. The number of rotatable bonds is 30. The number of methoxy groups -OCH3 is 2. The Morgan fingerprint density at radius 2 is 1.59 bits per heavy atom. The molecule has 382 valence electrons. The Kier molecular flexibility index (Phi) is 20.4. The fourth-order valence-corrected chi connectivity index (χ4v) is 11.8. The summed E-state index contributed by atoms with van der Waals surface area (Å²) in [4.78, 5) is 71.5. The Bertz CT molecular complexity index is 2030. The number of aliphatic carboxylic acids is 1. The van der Waals surface area contributed by atoms with Gasteiger partial charge < -0.3 is 30.1 Å². The molecule has 2 aromatic carbocycles. The van der Waals surface area contributed by atoms with Crippen molar-refractivity contribution in [1.29, 1.82) is 0 Å². The SMILES string of the molecule is CC[C@H](C)[C@H](CCC(C)C(=O)[C@@H](NC(=O)[C@H](C(C)C)N(C)CCCC(=O)O)C(C)C)[C@@H](CC(=O)N1CCC[C@H]1[C@H](OC)[C@@H](C)C(=O)CC1N[C@@]12C[C@]2(/C=C\c1ccccc1)Cc1ccccc1)OC. The standard InChI is InChI=1S/C57H86N4O8/c1-12-39(6)44(28-27-40(7)53(66)51(37(2)3)58-55(67)52(38(4)5)60(9)31-20-26-50(64)65)47(68-10)34-49(63)61-32-19-25-45(61)54(69-11)41(8)46(62)33-48-57(59-48)36-56(57,35-43-23-17-14-18-24-43)30-29-42-21-15-13-16-22-42/h13-18,21-24,29-30,37-41,44-45,47-48,51-52,54,59H,12,19-20,25-28,31-36H2,1-11H3,(H,58,67)(H,64,65)/b30-29-/t39-,40?,41-,44-,45-,47+,48?,51-,52-,54+,56-,57-/m0/s1. The Morgan fingerprint density at radius 3 is 2.19 bits per heavy atom. The second kappa shape index (κ2) is 25.2. The highest BCUT2D eigenvalue weighted by molar-refractivity contribution is 5.92. The molecule has 1 saturated carbocycles. The molecule has 2 unspecified atom stereocenters. The maximum atomic E-state index is 14.4. The number of Topliss-reactive ketones (excluding diaryl/α,β-unsaturated/α-hetero) is 2. The van der Waals surface area contributed by atoms with E-state index in [2.05, 4.69) is 85.2 Å². The lowest BCUT2D eigenvalue weighted by Crippen LogP contribution is -2.55. The number of likely N-dealkylation sites (N-methyl/N-ethyl adjacent to an activating group) is 1. The largest absolute Gasteiger partial charge is 0.481 e. The molecule has 2 aliphatic heterocycles. The van der Waals surface area contributed by atoms with Crippen LogP contribution < -0.4 is 10.6 Å². The molecule has 1 spiro atoms. The van der Waals surface area contributed by atoms with Crippen molar-refractivity contribution in [2.75, 3.05) is 34.4 Å². The molecule has 1 aliphatic carbocycles. The molecule has 2 aromatic rings. The molecule has 2 amide bonds. The molecular formula is C57H86N4O8. The van der Waals surface area contributed by atoms with Gasteiger partial charge in [-0.1, -0.05) is 135 Å². The van der Waals surface area contributed by atoms with Gasteiger partial charge in [-0.2, -0.15) is 0 Å². The molecule has 3 aliphatic rings. The van der Waals surface area contributed by atoms with Crippen LogP contribution in [0.25, 0.3) is 6.08 Å². The minimum absolute atomic E-state index is 0.00427. The van der Waals surface area contributed by atoms with E-state index in [0.717, 1.165) is 37.7 Å². The number of ether oxygens (including phenoxy) is 2. The Labute approximate surface area is 414 Å². The molecule has 0 aromatic heterocycles. The Morgan fingerprint density at radius 1 is 0.928 bits per heavy atom. The number of hydrogen-bond acceptors (Lipinski definition) is 9. The van der Waals surface area contributed by atoms with E-state index in [1.807, 2.05) is 70.5 Å². The number of benzene rings is 2. The van der Waals surface area contributed by atoms with Gasteiger partial charge in [0.15, 0.2) is 5.78 Å². The number of carbonyl (C=O) groups is 5. The maximum absolute atomic E-state index is 14.4. The van der Waals surface area contributed by atoms with Crippen molar-refractivity contribution in [2.45, 2.75) is 168 Å². The summed E-state index contributed by atoms with van der Waals surface area (Å²) < 4.78 is 12.3. The number of ketones is 2. The predicted molar refractivity (Wildman–Crippen MR) is 273 cm³/mol. The van der Waals surface area contributed by atoms with Crippen molar-refractivity contribution in [3.63, 3.8) is 0 Å². The summed E-state index contributed by atoms with van der Waals surface area (Å²) in [6, 6.07) is 19.6. The maximum Gasteiger partial charge on any atom is 0.303 e. The van der Waals surface area contributed by atoms with Crippen LogP contribution in [0, 0.1) is 40.9 Å². The summed E-state index contributed by atoms with van der Waals surface area (Å²) >= 11 is 0. The first-order valence-electron chi connectivity index (χ1n) is 26.0. The summed E-state index contributed by atoms with van der Waals surface area (Å²) in [6.45, 7) is 17.1.